The van der Waals surface area contributed by atoms with Gasteiger partial charge in [-0.05, 0) is 46.5 Å². The average Bonchev–Trinajstić information content (AvgIpc) is 3.47. The number of pyridine rings is 1. The zero-order chi connectivity index (χ0) is 22.9. The Labute approximate surface area is 195 Å². The molecular weight excluding hydrogens is 436 g/mol. The molecule has 33 heavy (non-hydrogen) atoms. The van der Waals surface area contributed by atoms with Crippen LogP contribution in [0.25, 0.3) is 33.4 Å². The monoisotopic (exact) mass is 456 g/mol. The number of H-pyrrole nitrogens is 1. The maximum Gasteiger partial charge on any atom is 0.180 e. The van der Waals surface area contributed by atoms with Crippen molar-refractivity contribution in [3.63, 3.8) is 0 Å². The van der Waals surface area contributed by atoms with Gasteiger partial charge in [-0.2, -0.15) is 0 Å². The number of carbonyl (C=O) groups is 1. The minimum absolute atomic E-state index is 0.377. The zero-order valence-electron chi connectivity index (χ0n) is 18.2. The number of tetrazole rings is 1. The maximum atomic E-state index is 11.8. The van der Waals surface area contributed by atoms with Gasteiger partial charge in [0, 0.05) is 34.4 Å². The number of hydrogen-bond acceptors (Lipinski definition) is 5. The van der Waals surface area contributed by atoms with Gasteiger partial charge in [0.25, 0.3) is 0 Å². The fraction of sp³-hybridized carbons (Fsp3) is 0.160. The molecule has 0 aliphatic rings. The highest BCUT2D eigenvalue weighted by molar-refractivity contribution is 6.35. The van der Waals surface area contributed by atoms with Gasteiger partial charge in [0.15, 0.2) is 12.1 Å². The van der Waals surface area contributed by atoms with Gasteiger partial charge in [0.2, 0.25) is 0 Å². The summed E-state index contributed by atoms with van der Waals surface area (Å²) in [5.41, 5.74) is 7.46. The van der Waals surface area contributed by atoms with Crippen molar-refractivity contribution in [2.24, 2.45) is 0 Å². The van der Waals surface area contributed by atoms with Gasteiger partial charge in [-0.15, -0.1) is 5.10 Å². The molecule has 2 aromatic carbocycles. The van der Waals surface area contributed by atoms with Gasteiger partial charge in [0.05, 0.1) is 5.52 Å². The number of rotatable bonds is 6. The second-order valence-corrected chi connectivity index (χ2v) is 8.21. The van der Waals surface area contributed by atoms with Gasteiger partial charge in [0.1, 0.15) is 5.15 Å². The number of carbonyl (C=O) groups excluding carboxylic acids is 1. The number of aromatic nitrogens is 6. The largest absolute Gasteiger partial charge is 0.340 e. The van der Waals surface area contributed by atoms with E-state index in [1.165, 1.54) is 0 Å². The smallest absolute Gasteiger partial charge is 0.180 e. The number of benzene rings is 2. The van der Waals surface area contributed by atoms with Crippen molar-refractivity contribution < 1.29 is 4.79 Å². The van der Waals surface area contributed by atoms with E-state index in [2.05, 4.69) is 54.4 Å². The molecule has 3 heterocycles. The predicted molar refractivity (Wildman–Crippen MR) is 128 cm³/mol. The second-order valence-electron chi connectivity index (χ2n) is 7.85. The normalized spacial score (nSPS) is 11.2. The Kier molecular flexibility index (Phi) is 5.48. The summed E-state index contributed by atoms with van der Waals surface area (Å²) in [6, 6.07) is 18.4. The molecule has 5 aromatic rings. The molecule has 3 aromatic heterocycles. The summed E-state index contributed by atoms with van der Waals surface area (Å²) in [4.78, 5) is 16.3. The highest BCUT2D eigenvalue weighted by Crippen LogP contribution is 2.33. The summed E-state index contributed by atoms with van der Waals surface area (Å²) >= 11 is 6.46. The Bertz CT molecular complexity index is 1460. The Morgan fingerprint density at radius 3 is 2.52 bits per heavy atom. The van der Waals surface area contributed by atoms with Crippen molar-refractivity contribution >= 4 is 28.8 Å². The molecule has 8 heteroatoms. The summed E-state index contributed by atoms with van der Waals surface area (Å²) < 4.78 is 2.13. The standard InChI is InChI=1S/C25H21ClN6O/c1-3-18-12-22-23(24(26)27-18)21(14-33)15(2)32(22)13-16-8-10-17(11-9-16)19-6-4-5-7-20(19)25-28-30-31-29-25/h4-12,14H,3,13H2,1-2H3,(H,28,29,30,31). The fourth-order valence-corrected chi connectivity index (χ4v) is 4.54. The topological polar surface area (TPSA) is 89.3 Å². The van der Waals surface area contributed by atoms with Crippen LogP contribution in [0.4, 0.5) is 0 Å². The van der Waals surface area contributed by atoms with E-state index >= 15 is 0 Å². The summed E-state index contributed by atoms with van der Waals surface area (Å²) in [7, 11) is 0. The Morgan fingerprint density at radius 2 is 1.85 bits per heavy atom. The van der Waals surface area contributed by atoms with Gasteiger partial charge in [-0.25, -0.2) is 10.1 Å². The van der Waals surface area contributed by atoms with Crippen LogP contribution in [0.1, 0.15) is 34.2 Å². The highest BCUT2D eigenvalue weighted by Gasteiger charge is 2.18. The minimum Gasteiger partial charge on any atom is -0.340 e. The van der Waals surface area contributed by atoms with E-state index in [4.69, 9.17) is 11.6 Å². The average molecular weight is 457 g/mol. The van der Waals surface area contributed by atoms with Crippen LogP contribution in [-0.4, -0.2) is 36.5 Å². The first-order valence-corrected chi connectivity index (χ1v) is 11.0. The summed E-state index contributed by atoms with van der Waals surface area (Å²) in [6.45, 7) is 4.60. The minimum atomic E-state index is 0.377. The third-order valence-electron chi connectivity index (χ3n) is 5.98. The van der Waals surface area contributed by atoms with E-state index in [9.17, 15) is 4.79 Å². The van der Waals surface area contributed by atoms with Gasteiger partial charge in [-0.1, -0.05) is 67.1 Å². The molecule has 0 spiro atoms. The quantitative estimate of drug-likeness (QED) is 0.278. The summed E-state index contributed by atoms with van der Waals surface area (Å²) in [5, 5.41) is 15.4. The van der Waals surface area contributed by atoms with Crippen LogP contribution in [-0.2, 0) is 13.0 Å². The number of nitrogens with zero attached hydrogens (tertiary/aromatic N) is 5. The molecular formula is C25H21ClN6O. The number of aryl methyl sites for hydroxylation is 1. The van der Waals surface area contributed by atoms with Crippen LogP contribution >= 0.6 is 11.6 Å². The van der Waals surface area contributed by atoms with E-state index in [0.717, 1.165) is 51.9 Å². The fourth-order valence-electron chi connectivity index (χ4n) is 4.23. The molecule has 1 N–H and O–H groups in total. The number of halogens is 1. The van der Waals surface area contributed by atoms with Crippen LogP contribution < -0.4 is 0 Å². The summed E-state index contributed by atoms with van der Waals surface area (Å²) in [6.07, 6.45) is 1.64. The number of aldehydes is 1. The van der Waals surface area contributed by atoms with E-state index in [-0.39, 0.29) is 0 Å². The van der Waals surface area contributed by atoms with E-state index < -0.39 is 0 Å². The molecule has 0 radical (unpaired) electrons. The second kappa shape index (κ2) is 8.60. The Balaban J connectivity index is 1.53. The number of fused-ring (bicyclic) bond motifs is 1. The number of aromatic amines is 1. The van der Waals surface area contributed by atoms with Crippen LogP contribution in [0.3, 0.4) is 0 Å². The lowest BCUT2D eigenvalue weighted by Crippen LogP contribution is -2.03. The molecule has 7 nitrogen and oxygen atoms in total. The van der Waals surface area contributed by atoms with Crippen molar-refractivity contribution in [2.75, 3.05) is 0 Å². The van der Waals surface area contributed by atoms with Crippen molar-refractivity contribution in [1.29, 1.82) is 0 Å². The summed E-state index contributed by atoms with van der Waals surface area (Å²) in [5.74, 6) is 0.628. The predicted octanol–water partition coefficient (Wildman–Crippen LogP) is 5.27. The molecule has 0 amide bonds. The Morgan fingerprint density at radius 1 is 1.09 bits per heavy atom. The van der Waals surface area contributed by atoms with E-state index in [1.54, 1.807) is 0 Å². The molecule has 0 fully saturated rings. The third-order valence-corrected chi connectivity index (χ3v) is 6.25. The SMILES string of the molecule is CCc1cc2c(c(Cl)n1)c(C=O)c(C)n2Cc1ccc(-c2ccccc2-c2nnn[nH]2)cc1. The van der Waals surface area contributed by atoms with Gasteiger partial charge < -0.3 is 4.57 Å². The lowest BCUT2D eigenvalue weighted by atomic mass is 9.98. The van der Waals surface area contributed by atoms with Crippen molar-refractivity contribution in [3.8, 4) is 22.5 Å². The first kappa shape index (κ1) is 21.0. The first-order chi connectivity index (χ1) is 16.1. The van der Waals surface area contributed by atoms with E-state index in [1.807, 2.05) is 44.2 Å². The molecule has 0 atom stereocenters. The molecule has 0 unspecified atom stereocenters. The molecule has 0 aliphatic carbocycles. The van der Waals surface area contributed by atoms with Crippen molar-refractivity contribution in [3.05, 3.63) is 82.3 Å². The van der Waals surface area contributed by atoms with Crippen LogP contribution in [0.5, 0.6) is 0 Å². The number of nitrogens with one attached hydrogen (secondary N) is 1. The lowest BCUT2D eigenvalue weighted by Gasteiger charge is -2.11. The van der Waals surface area contributed by atoms with Crippen molar-refractivity contribution in [1.82, 2.24) is 30.2 Å². The van der Waals surface area contributed by atoms with Crippen LogP contribution in [0.2, 0.25) is 5.15 Å². The van der Waals surface area contributed by atoms with Crippen LogP contribution in [0, 0.1) is 6.92 Å². The Hall–Kier alpha value is -3.84. The highest BCUT2D eigenvalue weighted by atomic mass is 35.5. The van der Waals surface area contributed by atoms with Gasteiger partial charge in [-0.3, -0.25) is 4.79 Å². The van der Waals surface area contributed by atoms with Crippen LogP contribution in [0.15, 0.2) is 54.6 Å². The molecule has 0 saturated heterocycles. The molecule has 5 rings (SSSR count). The van der Waals surface area contributed by atoms with E-state index in [0.29, 0.717) is 28.5 Å². The molecule has 0 saturated carbocycles. The molecule has 164 valence electrons. The van der Waals surface area contributed by atoms with Gasteiger partial charge >= 0.3 is 0 Å². The number of hydrogen-bond donors (Lipinski definition) is 1. The zero-order valence-corrected chi connectivity index (χ0v) is 19.0. The lowest BCUT2D eigenvalue weighted by molar-refractivity contribution is 0.112. The van der Waals surface area contributed by atoms with Crippen molar-refractivity contribution in [2.45, 2.75) is 26.8 Å². The third kappa shape index (κ3) is 3.70. The molecule has 0 aliphatic heterocycles. The first-order valence-electron chi connectivity index (χ1n) is 10.7. The maximum absolute atomic E-state index is 11.8. The molecule has 0 bridgehead atoms.